The summed E-state index contributed by atoms with van der Waals surface area (Å²) in [6, 6.07) is 19.1. The molecule has 1 amide bonds. The summed E-state index contributed by atoms with van der Waals surface area (Å²) >= 11 is 9.47. The Bertz CT molecular complexity index is 1240. The Morgan fingerprint density at radius 2 is 1.85 bits per heavy atom. The van der Waals surface area contributed by atoms with E-state index in [1.54, 1.807) is 7.11 Å². The highest BCUT2D eigenvalue weighted by Gasteiger charge is 2.24. The molecule has 0 spiro atoms. The number of ether oxygens (including phenoxy) is 2. The van der Waals surface area contributed by atoms with Crippen LogP contribution in [0.4, 0.5) is 5.69 Å². The molecule has 0 bridgehead atoms. The van der Waals surface area contributed by atoms with E-state index in [-0.39, 0.29) is 5.91 Å². The van der Waals surface area contributed by atoms with E-state index in [0.717, 1.165) is 25.9 Å². The summed E-state index contributed by atoms with van der Waals surface area (Å²) in [6.45, 7) is 2.41. The lowest BCUT2D eigenvalue weighted by molar-refractivity contribution is -0.115. The molecule has 4 rings (SSSR count). The number of halogens is 2. The zero-order valence-electron chi connectivity index (χ0n) is 17.9. The van der Waals surface area contributed by atoms with Crippen LogP contribution in [-0.4, -0.2) is 18.2 Å². The first kappa shape index (κ1) is 23.7. The number of nitrogens with zero attached hydrogens (tertiary/aromatic N) is 1. The number of amides is 1. The number of hydrogen-bond acceptors (Lipinski definition) is 5. The Hall–Kier alpha value is -2.49. The summed E-state index contributed by atoms with van der Waals surface area (Å²) in [5.74, 6) is 1.07. The SMILES string of the molecule is COc1cc(/C=C2\SC(=Nc3ccc(C)cc3)NC2=O)cc(I)c1OCc1ccc(Cl)cc1. The molecule has 5 nitrogen and oxygen atoms in total. The van der Waals surface area contributed by atoms with Crippen LogP contribution in [0.5, 0.6) is 11.5 Å². The highest BCUT2D eigenvalue weighted by atomic mass is 127. The fourth-order valence-corrected chi connectivity index (χ4v) is 4.82. The number of nitrogens with one attached hydrogen (secondary N) is 1. The molecule has 1 heterocycles. The van der Waals surface area contributed by atoms with Crippen molar-refractivity contribution >= 4 is 68.8 Å². The molecule has 0 atom stereocenters. The van der Waals surface area contributed by atoms with Crippen LogP contribution in [0, 0.1) is 10.5 Å². The van der Waals surface area contributed by atoms with Crippen LogP contribution >= 0.6 is 46.0 Å². The maximum Gasteiger partial charge on any atom is 0.264 e. The van der Waals surface area contributed by atoms with Crippen molar-refractivity contribution in [2.75, 3.05) is 7.11 Å². The monoisotopic (exact) mass is 590 g/mol. The first-order valence-corrected chi connectivity index (χ1v) is 12.3. The first-order chi connectivity index (χ1) is 15.9. The molecule has 3 aromatic carbocycles. The minimum Gasteiger partial charge on any atom is -0.493 e. The van der Waals surface area contributed by atoms with Crippen molar-refractivity contribution in [3.8, 4) is 11.5 Å². The molecule has 1 aliphatic heterocycles. The third-order valence-corrected chi connectivity index (χ3v) is 6.72. The summed E-state index contributed by atoms with van der Waals surface area (Å²) in [7, 11) is 1.60. The Morgan fingerprint density at radius 3 is 2.55 bits per heavy atom. The third-order valence-electron chi connectivity index (χ3n) is 4.76. The van der Waals surface area contributed by atoms with Crippen LogP contribution in [0.1, 0.15) is 16.7 Å². The molecular weight excluding hydrogens is 571 g/mol. The van der Waals surface area contributed by atoms with Gasteiger partial charge in [-0.15, -0.1) is 0 Å². The van der Waals surface area contributed by atoms with Gasteiger partial charge in [-0.05, 0) is 94.9 Å². The largest absolute Gasteiger partial charge is 0.493 e. The molecule has 0 unspecified atom stereocenters. The van der Waals surface area contributed by atoms with Gasteiger partial charge >= 0.3 is 0 Å². The van der Waals surface area contributed by atoms with E-state index in [4.69, 9.17) is 21.1 Å². The summed E-state index contributed by atoms with van der Waals surface area (Å²) in [4.78, 5) is 17.6. The van der Waals surface area contributed by atoms with E-state index < -0.39 is 0 Å². The predicted octanol–water partition coefficient (Wildman–Crippen LogP) is 6.73. The normalized spacial score (nSPS) is 15.7. The standard InChI is InChI=1S/C25H20ClIN2O3S/c1-15-3-9-19(10-4-15)28-25-29-24(30)22(33-25)13-17-11-20(27)23(21(12-17)31-2)32-14-16-5-7-18(26)8-6-16/h3-13H,14H2,1-2H3,(H,28,29,30)/b22-13-. The van der Waals surface area contributed by atoms with Crippen molar-refractivity contribution in [3.63, 3.8) is 0 Å². The van der Waals surface area contributed by atoms with Gasteiger partial charge in [0.15, 0.2) is 16.7 Å². The van der Waals surface area contributed by atoms with Gasteiger partial charge in [0.1, 0.15) is 6.61 Å². The van der Waals surface area contributed by atoms with Crippen molar-refractivity contribution in [2.24, 2.45) is 4.99 Å². The number of aryl methyl sites for hydroxylation is 1. The number of benzene rings is 3. The molecule has 8 heteroatoms. The van der Waals surface area contributed by atoms with Crippen LogP contribution < -0.4 is 14.8 Å². The molecule has 1 N–H and O–H groups in total. The smallest absolute Gasteiger partial charge is 0.264 e. The van der Waals surface area contributed by atoms with Gasteiger partial charge < -0.3 is 14.8 Å². The topological polar surface area (TPSA) is 59.9 Å². The van der Waals surface area contributed by atoms with Crippen LogP contribution in [-0.2, 0) is 11.4 Å². The number of carbonyl (C=O) groups excluding carboxylic acids is 1. The number of carbonyl (C=O) groups is 1. The molecule has 0 radical (unpaired) electrons. The molecule has 0 saturated carbocycles. The number of thioether (sulfide) groups is 1. The minimum absolute atomic E-state index is 0.178. The lowest BCUT2D eigenvalue weighted by atomic mass is 10.2. The number of amidine groups is 1. The zero-order valence-corrected chi connectivity index (χ0v) is 21.6. The Morgan fingerprint density at radius 1 is 1.12 bits per heavy atom. The number of hydrogen-bond donors (Lipinski definition) is 1. The highest BCUT2D eigenvalue weighted by Crippen LogP contribution is 2.36. The third kappa shape index (κ3) is 6.10. The van der Waals surface area contributed by atoms with Gasteiger partial charge in [0.05, 0.1) is 21.3 Å². The van der Waals surface area contributed by atoms with Crippen molar-refractivity contribution < 1.29 is 14.3 Å². The Labute approximate surface area is 215 Å². The minimum atomic E-state index is -0.178. The Balaban J connectivity index is 1.52. The predicted molar refractivity (Wildman–Crippen MR) is 143 cm³/mol. The molecule has 0 aromatic heterocycles. The molecule has 33 heavy (non-hydrogen) atoms. The summed E-state index contributed by atoms with van der Waals surface area (Å²) < 4.78 is 12.5. The average Bonchev–Trinajstić information content (AvgIpc) is 3.13. The van der Waals surface area contributed by atoms with E-state index in [1.165, 1.54) is 11.8 Å². The molecule has 1 aliphatic rings. The second-order valence-corrected chi connectivity index (χ2v) is 9.90. The van der Waals surface area contributed by atoms with Gasteiger partial charge in [0, 0.05) is 5.02 Å². The van der Waals surface area contributed by atoms with Crippen LogP contribution in [0.25, 0.3) is 6.08 Å². The maximum absolute atomic E-state index is 12.5. The fourth-order valence-electron chi connectivity index (χ4n) is 3.07. The molecule has 168 valence electrons. The molecule has 3 aromatic rings. The summed E-state index contributed by atoms with van der Waals surface area (Å²) in [5.41, 5.74) is 3.79. The quantitative estimate of drug-likeness (QED) is 0.255. The number of aliphatic imine (C=N–C) groups is 1. The maximum atomic E-state index is 12.5. The van der Waals surface area contributed by atoms with E-state index in [0.29, 0.717) is 33.2 Å². The van der Waals surface area contributed by atoms with Crippen LogP contribution in [0.3, 0.4) is 0 Å². The van der Waals surface area contributed by atoms with Gasteiger partial charge in [-0.3, -0.25) is 4.79 Å². The van der Waals surface area contributed by atoms with Gasteiger partial charge in [0.2, 0.25) is 0 Å². The number of rotatable bonds is 6. The van der Waals surface area contributed by atoms with Gasteiger partial charge in [-0.2, -0.15) is 0 Å². The van der Waals surface area contributed by atoms with E-state index in [1.807, 2.05) is 73.7 Å². The Kier molecular flexibility index (Phi) is 7.62. The van der Waals surface area contributed by atoms with E-state index >= 15 is 0 Å². The van der Waals surface area contributed by atoms with Crippen molar-refractivity contribution in [1.29, 1.82) is 0 Å². The van der Waals surface area contributed by atoms with Crippen LogP contribution in [0.15, 0.2) is 70.6 Å². The highest BCUT2D eigenvalue weighted by molar-refractivity contribution is 14.1. The van der Waals surface area contributed by atoms with Crippen molar-refractivity contribution in [1.82, 2.24) is 5.32 Å². The lowest BCUT2D eigenvalue weighted by Gasteiger charge is -2.14. The molecule has 0 aliphatic carbocycles. The second-order valence-electron chi connectivity index (χ2n) is 7.27. The molecule has 1 fully saturated rings. The summed E-state index contributed by atoms with van der Waals surface area (Å²) in [5, 5.41) is 4.06. The van der Waals surface area contributed by atoms with Crippen LogP contribution in [0.2, 0.25) is 5.02 Å². The first-order valence-electron chi connectivity index (χ1n) is 10.0. The average molecular weight is 591 g/mol. The van der Waals surface area contributed by atoms with Crippen molar-refractivity contribution in [3.05, 3.63) is 90.9 Å². The van der Waals surface area contributed by atoms with Gasteiger partial charge in [-0.25, -0.2) is 4.99 Å². The zero-order chi connectivity index (χ0) is 23.4. The second kappa shape index (κ2) is 10.6. The van der Waals surface area contributed by atoms with Gasteiger partial charge in [0.25, 0.3) is 5.91 Å². The van der Waals surface area contributed by atoms with E-state index in [9.17, 15) is 4.79 Å². The fraction of sp³-hybridized carbons (Fsp3) is 0.120. The summed E-state index contributed by atoms with van der Waals surface area (Å²) in [6.07, 6.45) is 1.82. The van der Waals surface area contributed by atoms with Gasteiger partial charge in [-0.1, -0.05) is 41.4 Å². The molecule has 1 saturated heterocycles. The molecular formula is C25H20ClIN2O3S. The van der Waals surface area contributed by atoms with Crippen molar-refractivity contribution in [2.45, 2.75) is 13.5 Å². The number of methoxy groups -OCH3 is 1. The lowest BCUT2D eigenvalue weighted by Crippen LogP contribution is -2.19. The van der Waals surface area contributed by atoms with E-state index in [2.05, 4.69) is 32.9 Å².